The van der Waals surface area contributed by atoms with Crippen LogP contribution in [0.15, 0.2) is 21.2 Å². The van der Waals surface area contributed by atoms with Gasteiger partial charge >= 0.3 is 7.60 Å². The normalized spacial score (nSPS) is 14.9. The third-order valence-corrected chi connectivity index (χ3v) is 3.30. The summed E-state index contributed by atoms with van der Waals surface area (Å²) in [6, 6.07) is 2.97. The van der Waals surface area contributed by atoms with E-state index in [1.807, 2.05) is 0 Å². The maximum absolute atomic E-state index is 11.4. The van der Waals surface area contributed by atoms with Gasteiger partial charge in [-0.2, -0.15) is 0 Å². The Morgan fingerprint density at radius 3 is 2.80 bits per heavy atom. The first-order valence-electron chi connectivity index (χ1n) is 4.19. The van der Waals surface area contributed by atoms with Gasteiger partial charge in [-0.05, 0) is 35.0 Å². The zero-order valence-electron chi connectivity index (χ0n) is 7.97. The van der Waals surface area contributed by atoms with Crippen molar-refractivity contribution >= 4 is 29.3 Å². The van der Waals surface area contributed by atoms with Crippen LogP contribution >= 0.6 is 23.5 Å². The summed E-state index contributed by atoms with van der Waals surface area (Å²) >= 11 is 3.03. The van der Waals surface area contributed by atoms with E-state index in [0.717, 1.165) is 0 Å². The number of rotatable bonds is 5. The van der Waals surface area contributed by atoms with Crippen molar-refractivity contribution in [1.82, 2.24) is 0 Å². The van der Waals surface area contributed by atoms with E-state index < -0.39 is 19.5 Å². The second-order valence-corrected chi connectivity index (χ2v) is 5.37. The molecule has 0 radical (unpaired) electrons. The lowest BCUT2D eigenvalue weighted by atomic mass is 10.3. The lowest BCUT2D eigenvalue weighted by Gasteiger charge is -2.08. The summed E-state index contributed by atoms with van der Waals surface area (Å²) in [5.74, 6) is -0.518. The van der Waals surface area contributed by atoms with Gasteiger partial charge in [0.25, 0.3) is 0 Å². The topological polar surface area (TPSA) is 76.7 Å². The summed E-state index contributed by atoms with van der Waals surface area (Å²) in [6.07, 6.45) is -0.569. The Balaban J connectivity index is 2.68. The Labute approximate surface area is 95.1 Å². The third kappa shape index (κ3) is 3.91. The van der Waals surface area contributed by atoms with E-state index in [9.17, 15) is 14.3 Å². The number of hydrogen-bond acceptors (Lipinski definition) is 4. The Morgan fingerprint density at radius 2 is 2.33 bits per heavy atom. The van der Waals surface area contributed by atoms with Gasteiger partial charge in [-0.25, -0.2) is 0 Å². The number of carbonyl (C=O) groups excluding carboxylic acids is 1. The van der Waals surface area contributed by atoms with Crippen molar-refractivity contribution in [3.8, 4) is 0 Å². The van der Waals surface area contributed by atoms with Gasteiger partial charge in [0.2, 0.25) is 5.78 Å². The average Bonchev–Trinajstić information content (AvgIpc) is 2.50. The monoisotopic (exact) mass is 296 g/mol. The number of Topliss-reactive ketones (excluding diaryl/α,β-unsaturated/α-hetero) is 1. The maximum Gasteiger partial charge on any atom is 0.335 e. The molecule has 84 valence electrons. The van der Waals surface area contributed by atoms with Gasteiger partial charge in [-0.3, -0.25) is 9.36 Å². The maximum atomic E-state index is 11.4. The van der Waals surface area contributed by atoms with Crippen molar-refractivity contribution in [3.05, 3.63) is 22.6 Å². The zero-order valence-corrected chi connectivity index (χ0v) is 10.5. The van der Waals surface area contributed by atoms with E-state index in [2.05, 4.69) is 20.5 Å². The molecule has 0 spiro atoms. The standard InChI is InChI=1S/C8H10BrO5P/c1-2-13-15(11,12)5-6(10)7-3-4-8(9)14-7/h3-4H,2,5H2,1H3,(H,11,12). The lowest BCUT2D eigenvalue weighted by Crippen LogP contribution is -2.06. The molecule has 0 saturated carbocycles. The Kier molecular flexibility index (Phi) is 4.28. The average molecular weight is 297 g/mol. The van der Waals surface area contributed by atoms with Gasteiger partial charge < -0.3 is 13.8 Å². The first kappa shape index (κ1) is 12.6. The highest BCUT2D eigenvalue weighted by atomic mass is 79.9. The molecule has 0 fully saturated rings. The fourth-order valence-corrected chi connectivity index (χ4v) is 2.29. The van der Waals surface area contributed by atoms with Crippen LogP contribution in [0.3, 0.4) is 0 Å². The van der Waals surface area contributed by atoms with E-state index in [0.29, 0.717) is 4.67 Å². The summed E-state index contributed by atoms with van der Waals surface area (Å²) < 4.78 is 21.2. The van der Waals surface area contributed by atoms with Gasteiger partial charge in [-0.15, -0.1) is 0 Å². The van der Waals surface area contributed by atoms with Crippen molar-refractivity contribution in [2.24, 2.45) is 0 Å². The molecule has 1 N–H and O–H groups in total. The number of hydrogen-bond donors (Lipinski definition) is 1. The molecule has 0 aliphatic carbocycles. The van der Waals surface area contributed by atoms with Gasteiger partial charge in [0.15, 0.2) is 10.4 Å². The van der Waals surface area contributed by atoms with Crippen LogP contribution in [0.2, 0.25) is 0 Å². The molecule has 15 heavy (non-hydrogen) atoms. The molecule has 1 heterocycles. The lowest BCUT2D eigenvalue weighted by molar-refractivity contribution is 0.0981. The highest BCUT2D eigenvalue weighted by molar-refractivity contribution is 9.10. The smallest absolute Gasteiger partial charge is 0.335 e. The van der Waals surface area contributed by atoms with E-state index in [4.69, 9.17) is 4.42 Å². The SMILES string of the molecule is CCOP(=O)(O)CC(=O)c1ccc(Br)o1. The predicted octanol–water partition coefficient (Wildman–Crippen LogP) is 2.45. The Hall–Kier alpha value is -0.420. The number of furan rings is 1. The van der Waals surface area contributed by atoms with Crippen LogP contribution in [0.1, 0.15) is 17.5 Å². The van der Waals surface area contributed by atoms with Gasteiger partial charge in [0, 0.05) is 0 Å². The number of carbonyl (C=O) groups is 1. The molecule has 0 bridgehead atoms. The fourth-order valence-electron chi connectivity index (χ4n) is 0.971. The van der Waals surface area contributed by atoms with Gasteiger partial charge in [0.05, 0.1) is 6.61 Å². The van der Waals surface area contributed by atoms with Crippen LogP contribution in [0, 0.1) is 0 Å². The summed E-state index contributed by atoms with van der Waals surface area (Å²) in [7, 11) is -3.83. The van der Waals surface area contributed by atoms with Crippen LogP contribution < -0.4 is 0 Å². The van der Waals surface area contributed by atoms with E-state index in [1.54, 1.807) is 6.92 Å². The van der Waals surface area contributed by atoms with Crippen LogP contribution in [-0.4, -0.2) is 23.4 Å². The molecular formula is C8H10BrO5P. The Morgan fingerprint density at radius 1 is 1.67 bits per heavy atom. The van der Waals surface area contributed by atoms with Crippen molar-refractivity contribution in [1.29, 1.82) is 0 Å². The third-order valence-electron chi connectivity index (χ3n) is 1.52. The molecular weight excluding hydrogens is 287 g/mol. The summed E-state index contributed by atoms with van der Waals surface area (Å²) in [5.41, 5.74) is 0. The largest absolute Gasteiger partial charge is 0.446 e. The molecule has 1 aromatic heterocycles. The van der Waals surface area contributed by atoms with E-state index in [-0.39, 0.29) is 12.4 Å². The quantitative estimate of drug-likeness (QED) is 0.667. The van der Waals surface area contributed by atoms with Crippen molar-refractivity contribution in [2.75, 3.05) is 12.8 Å². The minimum Gasteiger partial charge on any atom is -0.446 e. The number of halogens is 1. The molecule has 0 amide bonds. The highest BCUT2D eigenvalue weighted by Crippen LogP contribution is 2.42. The summed E-state index contributed by atoms with van der Waals surface area (Å²) in [5, 5.41) is 0. The molecule has 1 unspecified atom stereocenters. The zero-order chi connectivity index (χ0) is 11.5. The molecule has 1 aromatic rings. The van der Waals surface area contributed by atoms with E-state index >= 15 is 0 Å². The fraction of sp³-hybridized carbons (Fsp3) is 0.375. The highest BCUT2D eigenvalue weighted by Gasteiger charge is 2.25. The summed E-state index contributed by atoms with van der Waals surface area (Å²) in [4.78, 5) is 20.6. The van der Waals surface area contributed by atoms with Crippen LogP contribution in [-0.2, 0) is 9.09 Å². The van der Waals surface area contributed by atoms with Crippen molar-refractivity contribution < 1.29 is 23.2 Å². The van der Waals surface area contributed by atoms with Crippen molar-refractivity contribution in [2.45, 2.75) is 6.92 Å². The molecule has 0 aliphatic rings. The first-order valence-corrected chi connectivity index (χ1v) is 6.75. The van der Waals surface area contributed by atoms with Crippen LogP contribution in [0.25, 0.3) is 0 Å². The van der Waals surface area contributed by atoms with E-state index in [1.165, 1.54) is 12.1 Å². The molecule has 0 aromatic carbocycles. The second kappa shape index (κ2) is 5.07. The molecule has 1 rings (SSSR count). The van der Waals surface area contributed by atoms with Crippen LogP contribution in [0.5, 0.6) is 0 Å². The Bertz CT molecular complexity index is 399. The molecule has 0 saturated heterocycles. The molecule has 7 heteroatoms. The minimum atomic E-state index is -3.83. The minimum absolute atomic E-state index is 0.0378. The number of ketones is 1. The predicted molar refractivity (Wildman–Crippen MR) is 57.1 cm³/mol. The molecule has 5 nitrogen and oxygen atoms in total. The van der Waals surface area contributed by atoms with Crippen molar-refractivity contribution in [3.63, 3.8) is 0 Å². The second-order valence-electron chi connectivity index (χ2n) is 2.74. The van der Waals surface area contributed by atoms with Crippen LogP contribution in [0.4, 0.5) is 0 Å². The molecule has 0 aliphatic heterocycles. The van der Waals surface area contributed by atoms with Gasteiger partial charge in [0.1, 0.15) is 6.16 Å². The molecule has 1 atom stereocenters. The first-order chi connectivity index (χ1) is 6.94. The van der Waals surface area contributed by atoms with Gasteiger partial charge in [-0.1, -0.05) is 0 Å². The summed E-state index contributed by atoms with van der Waals surface area (Å²) in [6.45, 7) is 1.67.